The summed E-state index contributed by atoms with van der Waals surface area (Å²) in [6.45, 7) is 0.527. The fourth-order valence-electron chi connectivity index (χ4n) is 2.57. The Kier molecular flexibility index (Phi) is 9.04. The van der Waals surface area contributed by atoms with Crippen molar-refractivity contribution in [3.63, 3.8) is 0 Å². The Morgan fingerprint density at radius 3 is 2.58 bits per heavy atom. The molecule has 0 aliphatic carbocycles. The quantitative estimate of drug-likeness (QED) is 0.269. The van der Waals surface area contributed by atoms with Crippen LogP contribution < -0.4 is 21.5 Å². The first-order valence-corrected chi connectivity index (χ1v) is 9.76. The minimum absolute atomic E-state index is 0.00244. The highest BCUT2D eigenvalue weighted by Crippen LogP contribution is 2.35. The summed E-state index contributed by atoms with van der Waals surface area (Å²) in [5.74, 6) is -0.901. The molecule has 0 aromatic heterocycles. The van der Waals surface area contributed by atoms with Gasteiger partial charge >= 0.3 is 6.09 Å². The van der Waals surface area contributed by atoms with Gasteiger partial charge in [-0.3, -0.25) is 14.9 Å². The first kappa shape index (κ1) is 23.9. The van der Waals surface area contributed by atoms with Gasteiger partial charge < -0.3 is 26.3 Å². The summed E-state index contributed by atoms with van der Waals surface area (Å²) in [5.41, 5.74) is 11.5. The highest BCUT2D eigenvalue weighted by molar-refractivity contribution is 6.34. The molecule has 2 rings (SSSR count). The zero-order valence-electron chi connectivity index (χ0n) is 16.6. The summed E-state index contributed by atoms with van der Waals surface area (Å²) >= 11 is 5.98. The Bertz CT molecular complexity index is 925. The molecule has 0 bridgehead atoms. The number of nitro benzene ring substituents is 1. The van der Waals surface area contributed by atoms with Crippen molar-refractivity contribution in [1.82, 2.24) is 5.32 Å². The number of ether oxygens (including phenoxy) is 2. The van der Waals surface area contributed by atoms with E-state index in [0.717, 1.165) is 11.6 Å². The van der Waals surface area contributed by atoms with Gasteiger partial charge in [0.15, 0.2) is 5.02 Å². The van der Waals surface area contributed by atoms with Crippen molar-refractivity contribution < 1.29 is 24.0 Å². The van der Waals surface area contributed by atoms with Crippen molar-refractivity contribution in [2.75, 3.05) is 13.2 Å². The molecule has 0 saturated carbocycles. The number of halogens is 1. The van der Waals surface area contributed by atoms with Crippen LogP contribution in [0, 0.1) is 10.1 Å². The molecule has 0 fully saturated rings. The van der Waals surface area contributed by atoms with Crippen molar-refractivity contribution in [1.29, 1.82) is 0 Å². The molecule has 0 aliphatic rings. The number of amides is 2. The van der Waals surface area contributed by atoms with E-state index >= 15 is 0 Å². The number of nitrogens with two attached hydrogens (primary N) is 2. The molecular formula is C20H23ClN4O6. The van der Waals surface area contributed by atoms with Crippen molar-refractivity contribution in [3.05, 3.63) is 68.7 Å². The van der Waals surface area contributed by atoms with E-state index in [0.29, 0.717) is 19.4 Å². The Morgan fingerprint density at radius 2 is 1.94 bits per heavy atom. The predicted molar refractivity (Wildman–Crippen MR) is 114 cm³/mol. The number of carbonyl (C=O) groups excluding carboxylic acids is 2. The van der Waals surface area contributed by atoms with Gasteiger partial charge in [0.05, 0.1) is 4.92 Å². The summed E-state index contributed by atoms with van der Waals surface area (Å²) in [4.78, 5) is 33.4. The molecular weight excluding hydrogens is 428 g/mol. The van der Waals surface area contributed by atoms with Crippen molar-refractivity contribution in [3.8, 4) is 5.75 Å². The number of nitrogens with one attached hydrogen (secondary N) is 1. The monoisotopic (exact) mass is 450 g/mol. The van der Waals surface area contributed by atoms with Gasteiger partial charge in [-0.2, -0.15) is 0 Å². The van der Waals surface area contributed by atoms with Crippen LogP contribution in [0.3, 0.4) is 0 Å². The first-order valence-electron chi connectivity index (χ1n) is 9.38. The maximum absolute atomic E-state index is 11.7. The minimum Gasteiger partial charge on any atom is -0.490 e. The van der Waals surface area contributed by atoms with E-state index < -0.39 is 28.7 Å². The molecule has 0 saturated heterocycles. The lowest BCUT2D eigenvalue weighted by Gasteiger charge is -2.15. The number of nitro groups is 1. The summed E-state index contributed by atoms with van der Waals surface area (Å²) in [6, 6.07) is 11.1. The largest absolute Gasteiger partial charge is 0.490 e. The fraction of sp³-hybridized carbons (Fsp3) is 0.300. The Hall–Kier alpha value is -3.37. The maximum atomic E-state index is 11.7. The zero-order chi connectivity index (χ0) is 22.8. The molecule has 10 nitrogen and oxygen atoms in total. The average Bonchev–Trinajstić information content (AvgIpc) is 2.74. The minimum atomic E-state index is -0.848. The summed E-state index contributed by atoms with van der Waals surface area (Å²) in [7, 11) is 0. The number of carbonyl (C=O) groups is 2. The number of nitrogens with zero attached hydrogens (tertiary/aromatic N) is 1. The Labute approximate surface area is 183 Å². The van der Waals surface area contributed by atoms with Crippen LogP contribution in [0.4, 0.5) is 10.5 Å². The highest BCUT2D eigenvalue weighted by Gasteiger charge is 2.21. The second-order valence-electron chi connectivity index (χ2n) is 6.63. The standard InChI is InChI=1S/C20H23ClN4O6/c21-18-16(25(28)29)9-14(19(23)26)10-17(18)30-12-15(22)7-4-8-24-20(27)31-11-13-5-2-1-3-6-13/h1-3,5-6,9-10,15H,4,7-8,11-12,22H2,(H2,23,26)(H,24,27). The van der Waals surface area contributed by atoms with Gasteiger partial charge in [0.1, 0.15) is 19.0 Å². The van der Waals surface area contributed by atoms with Gasteiger partial charge in [-0.15, -0.1) is 0 Å². The predicted octanol–water partition coefficient (Wildman–Crippen LogP) is 2.76. The molecule has 1 unspecified atom stereocenters. The molecule has 0 heterocycles. The van der Waals surface area contributed by atoms with Crippen LogP contribution in [0.25, 0.3) is 0 Å². The molecule has 0 spiro atoms. The first-order chi connectivity index (χ1) is 14.8. The third-order valence-corrected chi connectivity index (χ3v) is 4.57. The highest BCUT2D eigenvalue weighted by atomic mass is 35.5. The van der Waals surface area contributed by atoms with Gasteiger partial charge in [-0.25, -0.2) is 4.79 Å². The lowest BCUT2D eigenvalue weighted by molar-refractivity contribution is -0.384. The molecule has 5 N–H and O–H groups in total. The van der Waals surface area contributed by atoms with Crippen LogP contribution in [0.1, 0.15) is 28.8 Å². The third-order valence-electron chi connectivity index (χ3n) is 4.19. The van der Waals surface area contributed by atoms with E-state index in [1.54, 1.807) is 0 Å². The van der Waals surface area contributed by atoms with Crippen LogP contribution in [0.15, 0.2) is 42.5 Å². The second-order valence-corrected chi connectivity index (χ2v) is 7.01. The van der Waals surface area contributed by atoms with Gasteiger partial charge in [0.25, 0.3) is 5.69 Å². The van der Waals surface area contributed by atoms with Crippen molar-refractivity contribution in [2.24, 2.45) is 11.5 Å². The van der Waals surface area contributed by atoms with Gasteiger partial charge in [0, 0.05) is 24.2 Å². The molecule has 2 amide bonds. The van der Waals surface area contributed by atoms with Crippen molar-refractivity contribution >= 4 is 29.3 Å². The summed E-state index contributed by atoms with van der Waals surface area (Å²) in [5, 5.41) is 13.5. The zero-order valence-corrected chi connectivity index (χ0v) is 17.3. The molecule has 2 aromatic rings. The normalized spacial score (nSPS) is 11.4. The molecule has 1 atom stereocenters. The summed E-state index contributed by atoms with van der Waals surface area (Å²) in [6.07, 6.45) is 0.519. The average molecular weight is 451 g/mol. The number of primary amides is 1. The molecule has 0 aliphatic heterocycles. The molecule has 31 heavy (non-hydrogen) atoms. The molecule has 2 aromatic carbocycles. The van der Waals surface area contributed by atoms with E-state index in [1.165, 1.54) is 6.07 Å². The van der Waals surface area contributed by atoms with Gasteiger partial charge in [0.2, 0.25) is 5.91 Å². The Morgan fingerprint density at radius 1 is 1.23 bits per heavy atom. The number of alkyl carbamates (subject to hydrolysis) is 1. The second kappa shape index (κ2) is 11.7. The molecule has 166 valence electrons. The van der Waals surface area contributed by atoms with Crippen molar-refractivity contribution in [2.45, 2.75) is 25.5 Å². The SMILES string of the molecule is NC(=O)c1cc(OCC(N)CCCNC(=O)OCc2ccccc2)c(Cl)c([N+](=O)[O-])c1. The third kappa shape index (κ3) is 7.76. The van der Waals surface area contributed by atoms with E-state index in [4.69, 9.17) is 32.5 Å². The number of benzene rings is 2. The lowest BCUT2D eigenvalue weighted by atomic mass is 10.1. The van der Waals surface area contributed by atoms with E-state index in [2.05, 4.69) is 5.32 Å². The molecule has 0 radical (unpaired) electrons. The topological polar surface area (TPSA) is 160 Å². The fourth-order valence-corrected chi connectivity index (χ4v) is 2.80. The van der Waals surface area contributed by atoms with E-state index in [9.17, 15) is 19.7 Å². The smallest absolute Gasteiger partial charge is 0.407 e. The van der Waals surface area contributed by atoms with Crippen LogP contribution in [0.2, 0.25) is 5.02 Å². The van der Waals surface area contributed by atoms with Gasteiger partial charge in [-0.1, -0.05) is 41.9 Å². The number of rotatable bonds is 11. The lowest BCUT2D eigenvalue weighted by Crippen LogP contribution is -2.30. The molecule has 11 heteroatoms. The maximum Gasteiger partial charge on any atom is 0.407 e. The van der Waals surface area contributed by atoms with E-state index in [1.807, 2.05) is 30.3 Å². The van der Waals surface area contributed by atoms with Gasteiger partial charge in [-0.05, 0) is 24.5 Å². The van der Waals surface area contributed by atoms with Crippen LogP contribution in [-0.4, -0.2) is 36.1 Å². The van der Waals surface area contributed by atoms with Crippen LogP contribution >= 0.6 is 11.6 Å². The Balaban J connectivity index is 1.74. The van der Waals surface area contributed by atoms with E-state index in [-0.39, 0.29) is 29.5 Å². The summed E-state index contributed by atoms with van der Waals surface area (Å²) < 4.78 is 10.6. The van der Waals surface area contributed by atoms with Crippen LogP contribution in [0.5, 0.6) is 5.75 Å². The number of hydrogen-bond acceptors (Lipinski definition) is 7. The number of hydrogen-bond donors (Lipinski definition) is 3. The van der Waals surface area contributed by atoms with Crippen LogP contribution in [-0.2, 0) is 11.3 Å².